The maximum atomic E-state index is 12.7. The van der Waals surface area contributed by atoms with Crippen LogP contribution in [0.2, 0.25) is 0 Å². The first-order chi connectivity index (χ1) is 9.58. The zero-order valence-electron chi connectivity index (χ0n) is 11.6. The van der Waals surface area contributed by atoms with Gasteiger partial charge in [-0.05, 0) is 25.5 Å². The van der Waals surface area contributed by atoms with Crippen LogP contribution in [0.1, 0.15) is 19.8 Å². The van der Waals surface area contributed by atoms with Crippen molar-refractivity contribution >= 4 is 28.8 Å². The Kier molecular flexibility index (Phi) is 5.09. The van der Waals surface area contributed by atoms with Crippen LogP contribution in [-0.2, 0) is 9.53 Å². The van der Waals surface area contributed by atoms with E-state index in [4.69, 9.17) is 22.7 Å². The Morgan fingerprint density at radius 1 is 1.45 bits per heavy atom. The van der Waals surface area contributed by atoms with Crippen LogP contribution in [0.4, 0.5) is 5.69 Å². The number of nitrogens with two attached hydrogens (primary N) is 1. The lowest BCUT2D eigenvalue weighted by atomic mass is 10.0. The van der Waals surface area contributed by atoms with E-state index < -0.39 is 0 Å². The predicted octanol–water partition coefficient (Wildman–Crippen LogP) is 2.12. The SMILES string of the molecule is CC1CC(C(=O)N(CCC(N)=S)c2ccccc2)CO1. The van der Waals surface area contributed by atoms with Crippen LogP contribution >= 0.6 is 12.2 Å². The lowest BCUT2D eigenvalue weighted by Gasteiger charge is -2.25. The smallest absolute Gasteiger partial charge is 0.232 e. The van der Waals surface area contributed by atoms with Crippen LogP contribution in [0, 0.1) is 5.92 Å². The van der Waals surface area contributed by atoms with Crippen LogP contribution in [0.5, 0.6) is 0 Å². The van der Waals surface area contributed by atoms with E-state index in [1.165, 1.54) is 0 Å². The normalized spacial score (nSPS) is 21.6. The van der Waals surface area contributed by atoms with Gasteiger partial charge in [-0.15, -0.1) is 0 Å². The molecule has 20 heavy (non-hydrogen) atoms. The molecule has 1 aliphatic heterocycles. The second-order valence-electron chi connectivity index (χ2n) is 5.12. The van der Waals surface area contributed by atoms with Crippen LogP contribution in [0.3, 0.4) is 0 Å². The lowest BCUT2D eigenvalue weighted by Crippen LogP contribution is -2.38. The molecule has 108 valence electrons. The molecular formula is C15H20N2O2S. The van der Waals surface area contributed by atoms with Gasteiger partial charge in [0.15, 0.2) is 0 Å². The third-order valence-corrected chi connectivity index (χ3v) is 3.67. The molecule has 2 atom stereocenters. The molecule has 1 amide bonds. The van der Waals surface area contributed by atoms with Crippen molar-refractivity contribution in [2.75, 3.05) is 18.1 Å². The molecule has 4 nitrogen and oxygen atoms in total. The molecule has 1 aliphatic rings. The highest BCUT2D eigenvalue weighted by molar-refractivity contribution is 7.80. The quantitative estimate of drug-likeness (QED) is 0.845. The van der Waals surface area contributed by atoms with Crippen LogP contribution in [0.15, 0.2) is 30.3 Å². The first-order valence-electron chi connectivity index (χ1n) is 6.84. The molecule has 1 fully saturated rings. The summed E-state index contributed by atoms with van der Waals surface area (Å²) in [6, 6.07) is 9.63. The van der Waals surface area contributed by atoms with Crippen LogP contribution in [-0.4, -0.2) is 30.2 Å². The first-order valence-corrected chi connectivity index (χ1v) is 7.25. The van der Waals surface area contributed by atoms with Crippen LogP contribution < -0.4 is 10.6 Å². The molecule has 1 aromatic rings. The summed E-state index contributed by atoms with van der Waals surface area (Å²) >= 11 is 4.92. The Hall–Kier alpha value is -1.46. The molecule has 0 aliphatic carbocycles. The van der Waals surface area contributed by atoms with Crippen molar-refractivity contribution in [1.82, 2.24) is 0 Å². The molecule has 5 heteroatoms. The van der Waals surface area contributed by atoms with E-state index in [1.54, 1.807) is 4.90 Å². The molecule has 2 unspecified atom stereocenters. The third kappa shape index (κ3) is 3.77. The lowest BCUT2D eigenvalue weighted by molar-refractivity contribution is -0.122. The van der Waals surface area contributed by atoms with E-state index in [-0.39, 0.29) is 17.9 Å². The number of thiocarbonyl (C=S) groups is 1. The maximum absolute atomic E-state index is 12.7. The summed E-state index contributed by atoms with van der Waals surface area (Å²) in [6.07, 6.45) is 1.45. The minimum atomic E-state index is -0.0726. The van der Waals surface area contributed by atoms with Gasteiger partial charge in [-0.2, -0.15) is 0 Å². The number of rotatable bonds is 5. The van der Waals surface area contributed by atoms with Crippen molar-refractivity contribution in [3.05, 3.63) is 30.3 Å². The molecular weight excluding hydrogens is 272 g/mol. The summed E-state index contributed by atoms with van der Waals surface area (Å²) in [5.74, 6) is 0.0216. The fourth-order valence-corrected chi connectivity index (χ4v) is 2.50. The van der Waals surface area contributed by atoms with Gasteiger partial charge in [0, 0.05) is 18.7 Å². The number of amides is 1. The highest BCUT2D eigenvalue weighted by Crippen LogP contribution is 2.24. The fraction of sp³-hybridized carbons (Fsp3) is 0.467. The minimum absolute atomic E-state index is 0.0726. The van der Waals surface area contributed by atoms with Crippen molar-refractivity contribution in [2.24, 2.45) is 11.7 Å². The third-order valence-electron chi connectivity index (χ3n) is 3.46. The molecule has 2 rings (SSSR count). The Morgan fingerprint density at radius 2 is 2.15 bits per heavy atom. The Morgan fingerprint density at radius 3 is 2.70 bits per heavy atom. The summed E-state index contributed by atoms with van der Waals surface area (Å²) in [5, 5.41) is 0. The van der Waals surface area contributed by atoms with E-state index >= 15 is 0 Å². The van der Waals surface area contributed by atoms with Crippen molar-refractivity contribution < 1.29 is 9.53 Å². The number of anilines is 1. The minimum Gasteiger partial charge on any atom is -0.393 e. The van der Waals surface area contributed by atoms with E-state index in [0.717, 1.165) is 12.1 Å². The summed E-state index contributed by atoms with van der Waals surface area (Å²) in [5.41, 5.74) is 6.45. The first kappa shape index (κ1) is 14.9. The zero-order valence-corrected chi connectivity index (χ0v) is 12.4. The predicted molar refractivity (Wildman–Crippen MR) is 83.7 cm³/mol. The van der Waals surface area contributed by atoms with Gasteiger partial charge in [-0.25, -0.2) is 0 Å². The van der Waals surface area contributed by atoms with Gasteiger partial charge < -0.3 is 15.4 Å². The molecule has 1 saturated heterocycles. The number of hydrogen-bond donors (Lipinski definition) is 1. The number of ether oxygens (including phenoxy) is 1. The Labute approximate surface area is 124 Å². The van der Waals surface area contributed by atoms with Crippen molar-refractivity contribution in [3.8, 4) is 0 Å². The molecule has 0 radical (unpaired) electrons. The van der Waals surface area contributed by atoms with Crippen LogP contribution in [0.25, 0.3) is 0 Å². The number of carbonyl (C=O) groups excluding carboxylic acids is 1. The Balaban J connectivity index is 2.13. The van der Waals surface area contributed by atoms with E-state index in [0.29, 0.717) is 24.6 Å². The number of para-hydroxylation sites is 1. The summed E-state index contributed by atoms with van der Waals surface area (Å²) in [7, 11) is 0. The maximum Gasteiger partial charge on any atom is 0.232 e. The monoisotopic (exact) mass is 292 g/mol. The number of benzene rings is 1. The highest BCUT2D eigenvalue weighted by atomic mass is 32.1. The van der Waals surface area contributed by atoms with Gasteiger partial charge in [-0.3, -0.25) is 4.79 Å². The van der Waals surface area contributed by atoms with Crippen molar-refractivity contribution in [2.45, 2.75) is 25.9 Å². The largest absolute Gasteiger partial charge is 0.393 e. The topological polar surface area (TPSA) is 55.6 Å². The molecule has 0 aromatic heterocycles. The van der Waals surface area contributed by atoms with Crippen molar-refractivity contribution in [3.63, 3.8) is 0 Å². The molecule has 0 spiro atoms. The van der Waals surface area contributed by atoms with E-state index in [9.17, 15) is 4.79 Å². The number of carbonyl (C=O) groups is 1. The fourth-order valence-electron chi connectivity index (χ4n) is 2.41. The molecule has 2 N–H and O–H groups in total. The summed E-state index contributed by atoms with van der Waals surface area (Å²) < 4.78 is 5.50. The zero-order chi connectivity index (χ0) is 14.5. The van der Waals surface area contributed by atoms with E-state index in [2.05, 4.69) is 0 Å². The second-order valence-corrected chi connectivity index (χ2v) is 5.64. The second kappa shape index (κ2) is 6.81. The molecule has 1 heterocycles. The van der Waals surface area contributed by atoms with Gasteiger partial charge in [0.05, 0.1) is 23.6 Å². The van der Waals surface area contributed by atoms with Gasteiger partial charge in [0.1, 0.15) is 0 Å². The summed E-state index contributed by atoms with van der Waals surface area (Å²) in [4.78, 5) is 14.9. The number of hydrogen-bond acceptors (Lipinski definition) is 3. The molecule has 0 bridgehead atoms. The average molecular weight is 292 g/mol. The Bertz CT molecular complexity index is 478. The van der Waals surface area contributed by atoms with Gasteiger partial charge >= 0.3 is 0 Å². The summed E-state index contributed by atoms with van der Waals surface area (Å²) in [6.45, 7) is 3.01. The van der Waals surface area contributed by atoms with Gasteiger partial charge in [-0.1, -0.05) is 30.4 Å². The highest BCUT2D eigenvalue weighted by Gasteiger charge is 2.32. The van der Waals surface area contributed by atoms with Gasteiger partial charge in [0.2, 0.25) is 5.91 Å². The van der Waals surface area contributed by atoms with Crippen molar-refractivity contribution in [1.29, 1.82) is 0 Å². The standard InChI is InChI=1S/C15H20N2O2S/c1-11-9-12(10-19-11)15(18)17(8-7-14(16)20)13-5-3-2-4-6-13/h2-6,11-12H,7-10H2,1H3,(H2,16,20). The molecule has 1 aromatic carbocycles. The van der Waals surface area contributed by atoms with E-state index in [1.807, 2.05) is 37.3 Å². The average Bonchev–Trinajstić information content (AvgIpc) is 2.86. The van der Waals surface area contributed by atoms with Gasteiger partial charge in [0.25, 0.3) is 0 Å². The number of nitrogens with zero attached hydrogens (tertiary/aromatic N) is 1. The molecule has 0 saturated carbocycles.